The number of benzene rings is 1. The quantitative estimate of drug-likeness (QED) is 0.570. The molecule has 7 heteroatoms. The van der Waals surface area contributed by atoms with Crippen LogP contribution in [0.3, 0.4) is 0 Å². The molecular formula is C13H17F4NO2. The Kier molecular flexibility index (Phi) is 5.91. The van der Waals surface area contributed by atoms with Crippen molar-refractivity contribution in [1.29, 1.82) is 0 Å². The Morgan fingerprint density at radius 3 is 2.30 bits per heavy atom. The second-order valence-corrected chi connectivity index (χ2v) is 4.54. The molecule has 0 saturated carbocycles. The second kappa shape index (κ2) is 7.01. The maximum atomic E-state index is 12.6. The number of aliphatic hydroxyl groups excluding tert-OH is 1. The summed E-state index contributed by atoms with van der Waals surface area (Å²) in [6, 6.07) is 8.58. The van der Waals surface area contributed by atoms with Gasteiger partial charge in [-0.1, -0.05) is 30.3 Å². The van der Waals surface area contributed by atoms with Gasteiger partial charge in [-0.05, 0) is 12.0 Å². The zero-order valence-electron chi connectivity index (χ0n) is 10.7. The molecular weight excluding hydrogens is 278 g/mol. The fourth-order valence-corrected chi connectivity index (χ4v) is 1.61. The van der Waals surface area contributed by atoms with Crippen molar-refractivity contribution in [3.05, 3.63) is 35.9 Å². The van der Waals surface area contributed by atoms with E-state index >= 15 is 0 Å². The van der Waals surface area contributed by atoms with Crippen molar-refractivity contribution in [3.8, 4) is 0 Å². The molecule has 1 unspecified atom stereocenters. The van der Waals surface area contributed by atoms with Gasteiger partial charge in [0.15, 0.2) is 0 Å². The number of hydrogen-bond donors (Lipinski definition) is 2. The van der Waals surface area contributed by atoms with Crippen molar-refractivity contribution in [2.45, 2.75) is 24.3 Å². The van der Waals surface area contributed by atoms with Gasteiger partial charge >= 0.3 is 12.3 Å². The highest BCUT2D eigenvalue weighted by Crippen LogP contribution is 2.25. The van der Waals surface area contributed by atoms with Gasteiger partial charge < -0.3 is 15.6 Å². The van der Waals surface area contributed by atoms with Gasteiger partial charge in [-0.2, -0.15) is 8.78 Å². The molecule has 0 heterocycles. The van der Waals surface area contributed by atoms with E-state index in [1.165, 1.54) is 0 Å². The summed E-state index contributed by atoms with van der Waals surface area (Å²) in [5, 5.41) is 9.34. The molecule has 0 aliphatic heterocycles. The van der Waals surface area contributed by atoms with Gasteiger partial charge in [0.25, 0.3) is 0 Å². The molecule has 114 valence electrons. The van der Waals surface area contributed by atoms with Crippen LogP contribution in [-0.4, -0.2) is 37.3 Å². The molecule has 1 aromatic carbocycles. The molecule has 0 amide bonds. The van der Waals surface area contributed by atoms with E-state index in [2.05, 4.69) is 4.74 Å². The van der Waals surface area contributed by atoms with Crippen LogP contribution < -0.4 is 5.73 Å². The van der Waals surface area contributed by atoms with E-state index in [0.717, 1.165) is 0 Å². The number of aliphatic hydroxyl groups is 1. The predicted octanol–water partition coefficient (Wildman–Crippen LogP) is 2.14. The maximum absolute atomic E-state index is 12.6. The zero-order chi connectivity index (χ0) is 15.2. The minimum atomic E-state index is -4.18. The van der Waals surface area contributed by atoms with Crippen LogP contribution in [0.4, 0.5) is 17.6 Å². The van der Waals surface area contributed by atoms with Crippen molar-refractivity contribution < 1.29 is 27.4 Å². The number of nitrogens with two attached hydrogens (primary N) is 1. The van der Waals surface area contributed by atoms with Crippen LogP contribution in [0.25, 0.3) is 0 Å². The topological polar surface area (TPSA) is 55.5 Å². The smallest absolute Gasteiger partial charge is 0.330 e. The van der Waals surface area contributed by atoms with Gasteiger partial charge in [0, 0.05) is 6.61 Å². The van der Waals surface area contributed by atoms with Crippen LogP contribution in [0.5, 0.6) is 0 Å². The molecule has 3 N–H and O–H groups in total. The first kappa shape index (κ1) is 16.9. The van der Waals surface area contributed by atoms with E-state index < -0.39 is 31.1 Å². The molecule has 1 atom stereocenters. The van der Waals surface area contributed by atoms with Crippen LogP contribution in [-0.2, 0) is 10.3 Å². The summed E-state index contributed by atoms with van der Waals surface area (Å²) in [7, 11) is 0. The molecule has 1 rings (SSSR count). The summed E-state index contributed by atoms with van der Waals surface area (Å²) in [6.45, 7) is -2.04. The van der Waals surface area contributed by atoms with Crippen LogP contribution in [0.15, 0.2) is 30.3 Å². The van der Waals surface area contributed by atoms with Crippen molar-refractivity contribution in [2.75, 3.05) is 19.8 Å². The summed E-state index contributed by atoms with van der Waals surface area (Å²) in [6.07, 6.45) is -3.73. The molecule has 1 aromatic rings. The Labute approximate surface area is 114 Å². The van der Waals surface area contributed by atoms with Crippen molar-refractivity contribution in [3.63, 3.8) is 0 Å². The third-order valence-corrected chi connectivity index (χ3v) is 2.94. The van der Waals surface area contributed by atoms with E-state index in [1.54, 1.807) is 30.3 Å². The second-order valence-electron chi connectivity index (χ2n) is 4.54. The summed E-state index contributed by atoms with van der Waals surface area (Å²) >= 11 is 0. The minimum Gasteiger partial charge on any atom is -0.394 e. The van der Waals surface area contributed by atoms with Crippen LogP contribution >= 0.6 is 0 Å². The molecule has 0 aromatic heterocycles. The first-order chi connectivity index (χ1) is 9.32. The lowest BCUT2D eigenvalue weighted by atomic mass is 9.89. The van der Waals surface area contributed by atoms with E-state index in [9.17, 15) is 22.7 Å². The van der Waals surface area contributed by atoms with E-state index in [1.807, 2.05) is 0 Å². The van der Waals surface area contributed by atoms with Gasteiger partial charge in [-0.15, -0.1) is 0 Å². The third kappa shape index (κ3) is 4.43. The summed E-state index contributed by atoms with van der Waals surface area (Å²) in [5.74, 6) is -4.18. The molecule has 0 radical (unpaired) electrons. The first-order valence-electron chi connectivity index (χ1n) is 6.01. The highest BCUT2D eigenvalue weighted by Gasteiger charge is 2.41. The number of rotatable bonds is 8. The normalized spacial score (nSPS) is 15.3. The Morgan fingerprint density at radius 1 is 1.20 bits per heavy atom. The molecule has 0 saturated heterocycles. The average Bonchev–Trinajstić information content (AvgIpc) is 2.44. The van der Waals surface area contributed by atoms with Gasteiger partial charge in [-0.3, -0.25) is 0 Å². The number of halogens is 4. The highest BCUT2D eigenvalue weighted by molar-refractivity contribution is 5.23. The Bertz CT molecular complexity index is 403. The average molecular weight is 295 g/mol. The SMILES string of the molecule is NC(CO)(CCOCC(F)(F)C(F)F)c1ccccc1. The summed E-state index contributed by atoms with van der Waals surface area (Å²) in [4.78, 5) is 0. The van der Waals surface area contributed by atoms with Crippen molar-refractivity contribution in [2.24, 2.45) is 5.73 Å². The van der Waals surface area contributed by atoms with Gasteiger partial charge in [0.05, 0.1) is 12.1 Å². The Balaban J connectivity index is 2.51. The molecule has 3 nitrogen and oxygen atoms in total. The van der Waals surface area contributed by atoms with Crippen LogP contribution in [0.1, 0.15) is 12.0 Å². The standard InChI is InChI=1S/C13H17F4NO2/c14-11(15)13(16,17)9-20-7-6-12(18,8-19)10-4-2-1-3-5-10/h1-5,11,19H,6-9,18H2. The van der Waals surface area contributed by atoms with Crippen molar-refractivity contribution >= 4 is 0 Å². The van der Waals surface area contributed by atoms with Gasteiger partial charge in [0.2, 0.25) is 0 Å². The molecule has 0 aliphatic carbocycles. The monoisotopic (exact) mass is 295 g/mol. The van der Waals surface area contributed by atoms with Gasteiger partial charge in [-0.25, -0.2) is 8.78 Å². The lowest BCUT2D eigenvalue weighted by Gasteiger charge is -2.28. The third-order valence-electron chi connectivity index (χ3n) is 2.94. The zero-order valence-corrected chi connectivity index (χ0v) is 10.7. The van der Waals surface area contributed by atoms with Crippen LogP contribution in [0.2, 0.25) is 0 Å². The van der Waals surface area contributed by atoms with Crippen LogP contribution in [0, 0.1) is 0 Å². The van der Waals surface area contributed by atoms with E-state index in [4.69, 9.17) is 5.73 Å². The van der Waals surface area contributed by atoms with E-state index in [0.29, 0.717) is 5.56 Å². The molecule has 0 spiro atoms. The Hall–Kier alpha value is -1.18. The fraction of sp³-hybridized carbons (Fsp3) is 0.538. The maximum Gasteiger partial charge on any atom is 0.330 e. The number of ether oxygens (including phenoxy) is 1. The summed E-state index contributed by atoms with van der Waals surface area (Å²) in [5.41, 5.74) is 5.43. The highest BCUT2D eigenvalue weighted by atomic mass is 19.3. The predicted molar refractivity (Wildman–Crippen MR) is 65.8 cm³/mol. The first-order valence-corrected chi connectivity index (χ1v) is 6.01. The number of alkyl halides is 4. The molecule has 0 aliphatic rings. The molecule has 0 bridgehead atoms. The lowest BCUT2D eigenvalue weighted by molar-refractivity contribution is -0.166. The largest absolute Gasteiger partial charge is 0.394 e. The molecule has 20 heavy (non-hydrogen) atoms. The Morgan fingerprint density at radius 2 is 1.80 bits per heavy atom. The van der Waals surface area contributed by atoms with E-state index in [-0.39, 0.29) is 13.0 Å². The van der Waals surface area contributed by atoms with Crippen molar-refractivity contribution in [1.82, 2.24) is 0 Å². The summed E-state index contributed by atoms with van der Waals surface area (Å²) < 4.78 is 53.6. The number of hydrogen-bond acceptors (Lipinski definition) is 3. The lowest BCUT2D eigenvalue weighted by Crippen LogP contribution is -2.42. The molecule has 0 fully saturated rings. The minimum absolute atomic E-state index is 0.0346. The fourth-order valence-electron chi connectivity index (χ4n) is 1.61. The van der Waals surface area contributed by atoms with Gasteiger partial charge in [0.1, 0.15) is 6.61 Å².